The normalized spacial score (nSPS) is 23.8. The van der Waals surface area contributed by atoms with Crippen molar-refractivity contribution in [3.05, 3.63) is 12.3 Å². The van der Waals surface area contributed by atoms with Crippen molar-refractivity contribution in [2.45, 2.75) is 58.0 Å². The van der Waals surface area contributed by atoms with Gasteiger partial charge in [0.2, 0.25) is 0 Å². The lowest BCUT2D eigenvalue weighted by Gasteiger charge is -2.25. The molecule has 0 N–H and O–H groups in total. The fraction of sp³-hybridized carbons (Fsp3) is 0.818. The van der Waals surface area contributed by atoms with Crippen LogP contribution in [-0.4, -0.2) is 6.10 Å². The highest BCUT2D eigenvalue weighted by Crippen LogP contribution is 2.23. The smallest absolute Gasteiger partial charge is 0.0982 e. The average molecular weight is 168 g/mol. The zero-order valence-corrected chi connectivity index (χ0v) is 8.14. The summed E-state index contributed by atoms with van der Waals surface area (Å²) < 4.78 is 5.64. The predicted molar refractivity (Wildman–Crippen MR) is 52.0 cm³/mol. The van der Waals surface area contributed by atoms with Gasteiger partial charge in [0.15, 0.2) is 0 Å². The van der Waals surface area contributed by atoms with Gasteiger partial charge < -0.3 is 4.74 Å². The summed E-state index contributed by atoms with van der Waals surface area (Å²) in [6.45, 7) is 6.11. The van der Waals surface area contributed by atoms with Gasteiger partial charge in [0, 0.05) is 6.42 Å². The summed E-state index contributed by atoms with van der Waals surface area (Å²) in [6, 6.07) is 0. The van der Waals surface area contributed by atoms with E-state index in [9.17, 15) is 0 Å². The van der Waals surface area contributed by atoms with Crippen LogP contribution in [0, 0.1) is 0 Å². The van der Waals surface area contributed by atoms with Crippen molar-refractivity contribution < 1.29 is 4.74 Å². The molecular formula is C11H20O. The maximum Gasteiger partial charge on any atom is 0.0982 e. The van der Waals surface area contributed by atoms with Crippen LogP contribution in [0.25, 0.3) is 0 Å². The summed E-state index contributed by atoms with van der Waals surface area (Å²) in [5.41, 5.74) is 0. The molecule has 0 aliphatic carbocycles. The number of unbranched alkanes of at least 4 members (excludes halogenated alkanes) is 2. The van der Waals surface area contributed by atoms with Gasteiger partial charge in [-0.15, -0.1) is 0 Å². The lowest BCUT2D eigenvalue weighted by atomic mass is 10.0. The monoisotopic (exact) mass is 168 g/mol. The Labute approximate surface area is 75.8 Å². The quantitative estimate of drug-likeness (QED) is 0.582. The Balaban J connectivity index is 2.10. The van der Waals surface area contributed by atoms with Crippen LogP contribution < -0.4 is 0 Å². The first kappa shape index (κ1) is 9.63. The topological polar surface area (TPSA) is 9.23 Å². The van der Waals surface area contributed by atoms with Crippen LogP contribution >= 0.6 is 0 Å². The molecular weight excluding hydrogens is 148 g/mol. The van der Waals surface area contributed by atoms with Crippen molar-refractivity contribution in [2.24, 2.45) is 0 Å². The Hall–Kier alpha value is -0.460. The fourth-order valence-electron chi connectivity index (χ4n) is 1.71. The maximum absolute atomic E-state index is 5.64. The Morgan fingerprint density at radius 1 is 1.50 bits per heavy atom. The van der Waals surface area contributed by atoms with E-state index in [1.54, 1.807) is 0 Å². The molecule has 0 spiro atoms. The van der Waals surface area contributed by atoms with Gasteiger partial charge in [-0.1, -0.05) is 26.3 Å². The zero-order chi connectivity index (χ0) is 8.81. The second-order valence-electron chi connectivity index (χ2n) is 3.67. The highest BCUT2D eigenvalue weighted by molar-refractivity contribution is 4.88. The first-order valence-corrected chi connectivity index (χ1v) is 5.17. The van der Waals surface area contributed by atoms with Crippen molar-refractivity contribution in [3.63, 3.8) is 0 Å². The Bertz CT molecular complexity index is 140. The fourth-order valence-corrected chi connectivity index (χ4v) is 1.71. The van der Waals surface area contributed by atoms with Crippen LogP contribution in [0.5, 0.6) is 0 Å². The molecule has 1 heterocycles. The summed E-state index contributed by atoms with van der Waals surface area (Å²) >= 11 is 0. The first-order chi connectivity index (χ1) is 5.83. The highest BCUT2D eigenvalue weighted by atomic mass is 16.5. The molecule has 0 radical (unpaired) electrons. The van der Waals surface area contributed by atoms with E-state index in [-0.39, 0.29) is 0 Å². The second-order valence-corrected chi connectivity index (χ2v) is 3.67. The summed E-state index contributed by atoms with van der Waals surface area (Å²) in [5, 5.41) is 0. The van der Waals surface area contributed by atoms with Crippen molar-refractivity contribution in [2.75, 3.05) is 0 Å². The summed E-state index contributed by atoms with van der Waals surface area (Å²) in [4.78, 5) is 0. The molecule has 0 bridgehead atoms. The molecule has 1 rings (SSSR count). The highest BCUT2D eigenvalue weighted by Gasteiger charge is 2.15. The third-order valence-corrected chi connectivity index (χ3v) is 2.44. The van der Waals surface area contributed by atoms with Crippen LogP contribution in [0.4, 0.5) is 0 Å². The Morgan fingerprint density at radius 3 is 3.00 bits per heavy atom. The van der Waals surface area contributed by atoms with Gasteiger partial charge in [0.05, 0.1) is 11.9 Å². The summed E-state index contributed by atoms with van der Waals surface area (Å²) in [5.74, 6) is 1.00. The Kier molecular flexibility index (Phi) is 4.20. The van der Waals surface area contributed by atoms with Crippen LogP contribution in [0.2, 0.25) is 0 Å². The van der Waals surface area contributed by atoms with Gasteiger partial charge in [-0.25, -0.2) is 0 Å². The summed E-state index contributed by atoms with van der Waals surface area (Å²) in [7, 11) is 0. The standard InChI is InChI=1S/C11H20O/c1-3-4-5-8-11-9-6-7-10(2)12-11/h11H,2-9H2,1H3/t11-/m0/s1. The summed E-state index contributed by atoms with van der Waals surface area (Å²) in [6.07, 6.45) is 9.25. The van der Waals surface area contributed by atoms with E-state index >= 15 is 0 Å². The van der Waals surface area contributed by atoms with Crippen LogP contribution in [0.15, 0.2) is 12.3 Å². The molecule has 0 aromatic rings. The number of hydrogen-bond donors (Lipinski definition) is 0. The molecule has 70 valence electrons. The van der Waals surface area contributed by atoms with Crippen LogP contribution in [0.1, 0.15) is 51.9 Å². The molecule has 1 aliphatic rings. The molecule has 0 unspecified atom stereocenters. The van der Waals surface area contributed by atoms with E-state index < -0.39 is 0 Å². The number of rotatable bonds is 4. The van der Waals surface area contributed by atoms with E-state index in [1.165, 1.54) is 38.5 Å². The van der Waals surface area contributed by atoms with Gasteiger partial charge in [0.25, 0.3) is 0 Å². The van der Waals surface area contributed by atoms with Crippen molar-refractivity contribution in [3.8, 4) is 0 Å². The minimum absolute atomic E-state index is 0.484. The average Bonchev–Trinajstić information content (AvgIpc) is 2.05. The maximum atomic E-state index is 5.64. The molecule has 0 aromatic carbocycles. The third-order valence-electron chi connectivity index (χ3n) is 2.44. The minimum atomic E-state index is 0.484. The predicted octanol–water partition coefficient (Wildman–Crippen LogP) is 3.65. The van der Waals surface area contributed by atoms with Crippen LogP contribution in [0.3, 0.4) is 0 Å². The van der Waals surface area contributed by atoms with Gasteiger partial charge in [0.1, 0.15) is 0 Å². The molecule has 0 aromatic heterocycles. The lowest BCUT2D eigenvalue weighted by molar-refractivity contribution is 0.0660. The van der Waals surface area contributed by atoms with Crippen molar-refractivity contribution >= 4 is 0 Å². The third kappa shape index (κ3) is 3.29. The largest absolute Gasteiger partial charge is 0.495 e. The molecule has 12 heavy (non-hydrogen) atoms. The van der Waals surface area contributed by atoms with Gasteiger partial charge in [-0.3, -0.25) is 0 Å². The molecule has 1 fully saturated rings. The zero-order valence-electron chi connectivity index (χ0n) is 8.14. The van der Waals surface area contributed by atoms with E-state index in [2.05, 4.69) is 13.5 Å². The number of ether oxygens (including phenoxy) is 1. The van der Waals surface area contributed by atoms with E-state index in [0.29, 0.717) is 6.10 Å². The number of allylic oxidation sites excluding steroid dienone is 1. The molecule has 1 saturated heterocycles. The molecule has 1 heteroatoms. The number of hydrogen-bond acceptors (Lipinski definition) is 1. The SMILES string of the molecule is C=C1CCC[C@H](CCCCC)O1. The molecule has 1 atom stereocenters. The first-order valence-electron chi connectivity index (χ1n) is 5.17. The second kappa shape index (κ2) is 5.23. The van der Waals surface area contributed by atoms with Gasteiger partial charge >= 0.3 is 0 Å². The van der Waals surface area contributed by atoms with Crippen molar-refractivity contribution in [1.82, 2.24) is 0 Å². The molecule has 0 saturated carbocycles. The van der Waals surface area contributed by atoms with Gasteiger partial charge in [-0.2, -0.15) is 0 Å². The van der Waals surface area contributed by atoms with E-state index in [1.807, 2.05) is 0 Å². The van der Waals surface area contributed by atoms with E-state index in [4.69, 9.17) is 4.74 Å². The minimum Gasteiger partial charge on any atom is -0.495 e. The molecule has 0 amide bonds. The molecule has 1 nitrogen and oxygen atoms in total. The molecule has 1 aliphatic heterocycles. The Morgan fingerprint density at radius 2 is 2.33 bits per heavy atom. The van der Waals surface area contributed by atoms with Gasteiger partial charge in [-0.05, 0) is 25.7 Å². The van der Waals surface area contributed by atoms with E-state index in [0.717, 1.165) is 12.2 Å². The van der Waals surface area contributed by atoms with Crippen LogP contribution in [-0.2, 0) is 4.74 Å². The lowest BCUT2D eigenvalue weighted by Crippen LogP contribution is -2.16. The van der Waals surface area contributed by atoms with Crippen molar-refractivity contribution in [1.29, 1.82) is 0 Å².